The number of nitrogens with zero attached hydrogens (tertiary/aromatic N) is 1. The lowest BCUT2D eigenvalue weighted by Gasteiger charge is -2.18. The first-order chi connectivity index (χ1) is 9.51. The molecule has 0 aliphatic heterocycles. The Labute approximate surface area is 121 Å². The summed E-state index contributed by atoms with van der Waals surface area (Å²) in [5, 5.41) is 2.99. The fraction of sp³-hybridized carbons (Fsp3) is 0.538. The molecule has 0 heterocycles. The third-order valence-electron chi connectivity index (χ3n) is 2.95. The molecule has 0 saturated heterocycles. The molecule has 0 saturated carbocycles. The summed E-state index contributed by atoms with van der Waals surface area (Å²) in [5.41, 5.74) is 0.808. The first-order valence-electron chi connectivity index (χ1n) is 6.48. The van der Waals surface area contributed by atoms with Gasteiger partial charge in [-0.15, -0.1) is 0 Å². The molecule has 2 N–H and O–H groups in total. The SMILES string of the molecule is CNCCCN(C)S(=O)(=O)NCc1ccccc1OC. The van der Waals surface area contributed by atoms with Crippen molar-refractivity contribution in [1.82, 2.24) is 14.3 Å². The maximum absolute atomic E-state index is 12.1. The van der Waals surface area contributed by atoms with E-state index >= 15 is 0 Å². The molecule has 0 aliphatic rings. The van der Waals surface area contributed by atoms with Gasteiger partial charge in [0.15, 0.2) is 0 Å². The van der Waals surface area contributed by atoms with Crippen molar-refractivity contribution in [3.8, 4) is 5.75 Å². The Morgan fingerprint density at radius 3 is 2.65 bits per heavy atom. The van der Waals surface area contributed by atoms with Crippen molar-refractivity contribution >= 4 is 10.2 Å². The molecule has 0 fully saturated rings. The quantitative estimate of drug-likeness (QED) is 0.654. The Morgan fingerprint density at radius 1 is 1.30 bits per heavy atom. The standard InChI is InChI=1S/C13H23N3O3S/c1-14-9-6-10-16(2)20(17,18)15-11-12-7-4-5-8-13(12)19-3/h4-5,7-8,14-15H,6,9-11H2,1-3H3. The van der Waals surface area contributed by atoms with Gasteiger partial charge in [-0.3, -0.25) is 0 Å². The molecule has 114 valence electrons. The maximum atomic E-state index is 12.1. The van der Waals surface area contributed by atoms with Gasteiger partial charge in [-0.05, 0) is 26.1 Å². The van der Waals surface area contributed by atoms with E-state index in [2.05, 4.69) is 10.0 Å². The highest BCUT2D eigenvalue weighted by Crippen LogP contribution is 2.17. The molecule has 7 heteroatoms. The predicted molar refractivity (Wildman–Crippen MR) is 79.9 cm³/mol. The summed E-state index contributed by atoms with van der Waals surface area (Å²) in [7, 11) is 1.51. The molecule has 0 amide bonds. The Balaban J connectivity index is 2.58. The molecule has 20 heavy (non-hydrogen) atoms. The molecular weight excluding hydrogens is 278 g/mol. The molecule has 0 atom stereocenters. The molecule has 6 nitrogen and oxygen atoms in total. The lowest BCUT2D eigenvalue weighted by atomic mass is 10.2. The minimum atomic E-state index is -3.46. The summed E-state index contributed by atoms with van der Waals surface area (Å²) in [6.45, 7) is 1.47. The van der Waals surface area contributed by atoms with Crippen LogP contribution in [-0.4, -0.2) is 47.0 Å². The third kappa shape index (κ3) is 5.09. The first kappa shape index (κ1) is 16.9. The minimum absolute atomic E-state index is 0.211. The van der Waals surface area contributed by atoms with Crippen molar-refractivity contribution in [3.63, 3.8) is 0 Å². The third-order valence-corrected chi connectivity index (χ3v) is 4.46. The summed E-state index contributed by atoms with van der Waals surface area (Å²) in [6.07, 6.45) is 0.766. The smallest absolute Gasteiger partial charge is 0.279 e. The summed E-state index contributed by atoms with van der Waals surface area (Å²) < 4.78 is 33.2. The number of hydrogen-bond donors (Lipinski definition) is 2. The van der Waals surface area contributed by atoms with Crippen LogP contribution in [0.25, 0.3) is 0 Å². The van der Waals surface area contributed by atoms with Gasteiger partial charge in [0.2, 0.25) is 0 Å². The maximum Gasteiger partial charge on any atom is 0.279 e. The van der Waals surface area contributed by atoms with E-state index in [1.165, 1.54) is 4.31 Å². The molecule has 0 bridgehead atoms. The molecule has 1 rings (SSSR count). The van der Waals surface area contributed by atoms with Crippen molar-refractivity contribution in [2.24, 2.45) is 0 Å². The number of rotatable bonds is 9. The van der Waals surface area contributed by atoms with Gasteiger partial charge in [-0.2, -0.15) is 17.4 Å². The second-order valence-corrected chi connectivity index (χ2v) is 6.28. The van der Waals surface area contributed by atoms with Crippen LogP contribution in [-0.2, 0) is 16.8 Å². The van der Waals surface area contributed by atoms with Crippen LogP contribution < -0.4 is 14.8 Å². The highest BCUT2D eigenvalue weighted by Gasteiger charge is 2.17. The van der Waals surface area contributed by atoms with E-state index < -0.39 is 10.2 Å². The summed E-state index contributed by atoms with van der Waals surface area (Å²) in [6, 6.07) is 7.34. The fourth-order valence-electron chi connectivity index (χ4n) is 1.73. The normalized spacial score (nSPS) is 11.8. The van der Waals surface area contributed by atoms with Gasteiger partial charge in [-0.1, -0.05) is 18.2 Å². The predicted octanol–water partition coefficient (Wildman–Crippen LogP) is 0.571. The Bertz CT molecular complexity index is 505. The van der Waals surface area contributed by atoms with Crippen LogP contribution in [0, 0.1) is 0 Å². The average molecular weight is 301 g/mol. The molecule has 1 aromatic rings. The monoisotopic (exact) mass is 301 g/mol. The van der Waals surface area contributed by atoms with Crippen molar-refractivity contribution in [2.75, 3.05) is 34.3 Å². The zero-order valence-corrected chi connectivity index (χ0v) is 13.0. The van der Waals surface area contributed by atoms with Crippen molar-refractivity contribution in [2.45, 2.75) is 13.0 Å². The molecule has 0 spiro atoms. The fourth-order valence-corrected chi connectivity index (χ4v) is 2.65. The van der Waals surface area contributed by atoms with Crippen LogP contribution >= 0.6 is 0 Å². The number of hydrogen-bond acceptors (Lipinski definition) is 4. The molecule has 1 aromatic carbocycles. The van der Waals surface area contributed by atoms with Crippen LogP contribution in [0.2, 0.25) is 0 Å². The van der Waals surface area contributed by atoms with Crippen molar-refractivity contribution in [3.05, 3.63) is 29.8 Å². The minimum Gasteiger partial charge on any atom is -0.496 e. The Kier molecular flexibility index (Phi) is 6.94. The lowest BCUT2D eigenvalue weighted by Crippen LogP contribution is -2.39. The van der Waals surface area contributed by atoms with Crippen LogP contribution in [0.3, 0.4) is 0 Å². The molecule has 0 aromatic heterocycles. The Hall–Kier alpha value is -1.15. The zero-order valence-electron chi connectivity index (χ0n) is 12.2. The average Bonchev–Trinajstić information content (AvgIpc) is 2.45. The second kappa shape index (κ2) is 8.21. The first-order valence-corrected chi connectivity index (χ1v) is 7.92. The van der Waals surface area contributed by atoms with E-state index in [1.54, 1.807) is 20.2 Å². The van der Waals surface area contributed by atoms with Gasteiger partial charge < -0.3 is 10.1 Å². The molecular formula is C13H23N3O3S. The van der Waals surface area contributed by atoms with Gasteiger partial charge in [-0.25, -0.2) is 0 Å². The van der Waals surface area contributed by atoms with Crippen molar-refractivity contribution in [1.29, 1.82) is 0 Å². The second-order valence-electron chi connectivity index (χ2n) is 4.42. The summed E-state index contributed by atoms with van der Waals surface area (Å²) in [5.74, 6) is 0.674. The van der Waals surface area contributed by atoms with E-state index in [0.29, 0.717) is 12.3 Å². The summed E-state index contributed by atoms with van der Waals surface area (Å²) >= 11 is 0. The van der Waals surface area contributed by atoms with Gasteiger partial charge in [0.1, 0.15) is 5.75 Å². The Morgan fingerprint density at radius 2 is 2.00 bits per heavy atom. The molecule has 0 aliphatic carbocycles. The lowest BCUT2D eigenvalue weighted by molar-refractivity contribution is 0.408. The van der Waals surface area contributed by atoms with Crippen LogP contribution in [0.4, 0.5) is 0 Å². The van der Waals surface area contributed by atoms with E-state index in [4.69, 9.17) is 4.74 Å². The van der Waals surface area contributed by atoms with E-state index in [9.17, 15) is 8.42 Å². The molecule has 0 unspecified atom stereocenters. The number of nitrogens with one attached hydrogen (secondary N) is 2. The highest BCUT2D eigenvalue weighted by molar-refractivity contribution is 7.87. The number of methoxy groups -OCH3 is 1. The number of ether oxygens (including phenoxy) is 1. The summed E-state index contributed by atoms with van der Waals surface area (Å²) in [4.78, 5) is 0. The van der Waals surface area contributed by atoms with Crippen LogP contribution in [0.15, 0.2) is 24.3 Å². The topological polar surface area (TPSA) is 70.7 Å². The highest BCUT2D eigenvalue weighted by atomic mass is 32.2. The number of benzene rings is 1. The van der Waals surface area contributed by atoms with E-state index in [1.807, 2.05) is 25.2 Å². The zero-order chi connectivity index (χ0) is 15.0. The van der Waals surface area contributed by atoms with E-state index in [-0.39, 0.29) is 6.54 Å². The van der Waals surface area contributed by atoms with Gasteiger partial charge in [0.05, 0.1) is 7.11 Å². The van der Waals surface area contributed by atoms with Crippen LogP contribution in [0.1, 0.15) is 12.0 Å². The van der Waals surface area contributed by atoms with E-state index in [0.717, 1.165) is 18.5 Å². The van der Waals surface area contributed by atoms with Gasteiger partial charge >= 0.3 is 0 Å². The van der Waals surface area contributed by atoms with Gasteiger partial charge in [0.25, 0.3) is 10.2 Å². The van der Waals surface area contributed by atoms with Gasteiger partial charge in [0, 0.05) is 25.7 Å². The van der Waals surface area contributed by atoms with Crippen LogP contribution in [0.5, 0.6) is 5.75 Å². The molecule has 0 radical (unpaired) electrons. The largest absolute Gasteiger partial charge is 0.496 e. The number of para-hydroxylation sites is 1. The van der Waals surface area contributed by atoms with Crippen molar-refractivity contribution < 1.29 is 13.2 Å².